The molecule has 0 saturated heterocycles. The highest BCUT2D eigenvalue weighted by atomic mass is 32.2. The van der Waals surface area contributed by atoms with Crippen LogP contribution in [0.5, 0.6) is 17.2 Å². The number of nitrogens with zero attached hydrogens (tertiary/aromatic N) is 5. The first kappa shape index (κ1) is 31.4. The average molecular weight is 650 g/mol. The number of fused-ring (bicyclic) bond motifs is 1. The van der Waals surface area contributed by atoms with Crippen LogP contribution >= 0.6 is 23.1 Å². The molecule has 0 fully saturated rings. The highest BCUT2D eigenvalue weighted by Crippen LogP contribution is 2.42. The van der Waals surface area contributed by atoms with Crippen molar-refractivity contribution < 1.29 is 28.7 Å². The van der Waals surface area contributed by atoms with E-state index in [0.29, 0.717) is 48.9 Å². The van der Waals surface area contributed by atoms with Gasteiger partial charge in [0.2, 0.25) is 5.75 Å². The van der Waals surface area contributed by atoms with Gasteiger partial charge in [-0.3, -0.25) is 19.5 Å². The maximum absolute atomic E-state index is 14.2. The first-order chi connectivity index (χ1) is 21.7. The fourth-order valence-electron chi connectivity index (χ4n) is 4.80. The second-order valence-electron chi connectivity index (χ2n) is 9.37. The summed E-state index contributed by atoms with van der Waals surface area (Å²) in [6, 6.07) is 8.39. The van der Waals surface area contributed by atoms with E-state index in [1.54, 1.807) is 56.6 Å². The standard InChI is InChI=1S/C30H27N5O8S2/c1-6-43-28(37)24-16(2)33-30-34(25(24)18-13-20(40-3)26(42-5)21(14-18)41-4)27(36)23(45-30)15-17-12-19(35(38)39)8-9-22(17)44-29-31-10-7-11-32-29/h7-15,25H,6H2,1-5H3/b23-15+/t25-/m1/s1. The van der Waals surface area contributed by atoms with Crippen molar-refractivity contribution in [2.24, 2.45) is 4.99 Å². The zero-order valence-electron chi connectivity index (χ0n) is 24.8. The predicted molar refractivity (Wildman–Crippen MR) is 166 cm³/mol. The molecule has 1 aliphatic rings. The van der Waals surface area contributed by atoms with E-state index in [0.717, 1.165) is 11.3 Å². The number of thiazole rings is 1. The van der Waals surface area contributed by atoms with Crippen LogP contribution in [0.4, 0.5) is 5.69 Å². The molecule has 0 unspecified atom stereocenters. The van der Waals surface area contributed by atoms with Crippen LogP contribution in [0.15, 0.2) is 79.9 Å². The second-order valence-corrected chi connectivity index (χ2v) is 11.4. The van der Waals surface area contributed by atoms with Gasteiger partial charge in [-0.15, -0.1) is 0 Å². The van der Waals surface area contributed by atoms with Crippen molar-refractivity contribution >= 4 is 40.8 Å². The predicted octanol–water partition coefficient (Wildman–Crippen LogP) is 3.67. The molecule has 0 spiro atoms. The molecule has 0 saturated carbocycles. The van der Waals surface area contributed by atoms with Crippen molar-refractivity contribution in [2.75, 3.05) is 27.9 Å². The fourth-order valence-corrected chi connectivity index (χ4v) is 6.63. The van der Waals surface area contributed by atoms with Crippen molar-refractivity contribution in [1.82, 2.24) is 14.5 Å². The molecule has 5 rings (SSSR count). The second kappa shape index (κ2) is 13.3. The molecule has 13 nitrogen and oxygen atoms in total. The molecule has 1 atom stereocenters. The summed E-state index contributed by atoms with van der Waals surface area (Å²) in [5, 5.41) is 12.1. The van der Waals surface area contributed by atoms with Gasteiger partial charge >= 0.3 is 5.97 Å². The molecule has 0 aliphatic carbocycles. The molecule has 0 amide bonds. The maximum atomic E-state index is 14.2. The van der Waals surface area contributed by atoms with E-state index >= 15 is 0 Å². The zero-order chi connectivity index (χ0) is 32.2. The number of esters is 1. The molecule has 0 radical (unpaired) electrons. The molecule has 2 aromatic heterocycles. The lowest BCUT2D eigenvalue weighted by Crippen LogP contribution is -2.40. The van der Waals surface area contributed by atoms with Gasteiger partial charge < -0.3 is 18.9 Å². The van der Waals surface area contributed by atoms with Gasteiger partial charge in [0.05, 0.1) is 54.7 Å². The number of carbonyl (C=O) groups is 1. The number of ether oxygens (including phenoxy) is 4. The summed E-state index contributed by atoms with van der Waals surface area (Å²) in [5.74, 6) is 0.362. The van der Waals surface area contributed by atoms with Crippen molar-refractivity contribution in [3.63, 3.8) is 0 Å². The molecule has 15 heteroatoms. The van der Waals surface area contributed by atoms with Gasteiger partial charge in [-0.1, -0.05) is 11.3 Å². The van der Waals surface area contributed by atoms with Gasteiger partial charge in [0, 0.05) is 29.4 Å². The first-order valence-electron chi connectivity index (χ1n) is 13.4. The molecule has 2 aromatic carbocycles. The number of carbonyl (C=O) groups excluding carboxylic acids is 1. The number of rotatable bonds is 10. The van der Waals surface area contributed by atoms with E-state index in [4.69, 9.17) is 18.9 Å². The molecule has 232 valence electrons. The van der Waals surface area contributed by atoms with E-state index in [1.165, 1.54) is 49.8 Å². The lowest BCUT2D eigenvalue weighted by atomic mass is 9.95. The summed E-state index contributed by atoms with van der Waals surface area (Å²) in [7, 11) is 4.41. The van der Waals surface area contributed by atoms with Gasteiger partial charge in [0.25, 0.3) is 11.2 Å². The number of hydrogen-bond donors (Lipinski definition) is 0. The normalized spacial score (nSPS) is 14.4. The van der Waals surface area contributed by atoms with Crippen LogP contribution in [-0.4, -0.2) is 53.4 Å². The average Bonchev–Trinajstić information content (AvgIpc) is 3.34. The van der Waals surface area contributed by atoms with Crippen LogP contribution in [0, 0.1) is 10.1 Å². The Morgan fingerprint density at radius 1 is 1.11 bits per heavy atom. The molecule has 45 heavy (non-hydrogen) atoms. The van der Waals surface area contributed by atoms with E-state index < -0.39 is 22.5 Å². The number of nitro groups is 1. The van der Waals surface area contributed by atoms with Crippen molar-refractivity contribution in [3.05, 3.63) is 101 Å². The summed E-state index contributed by atoms with van der Waals surface area (Å²) < 4.78 is 23.6. The number of hydrogen-bond acceptors (Lipinski definition) is 13. The number of nitro benzene ring substituents is 1. The lowest BCUT2D eigenvalue weighted by Gasteiger charge is -2.26. The lowest BCUT2D eigenvalue weighted by molar-refractivity contribution is -0.384. The Balaban J connectivity index is 1.75. The third-order valence-corrected chi connectivity index (χ3v) is 8.72. The van der Waals surface area contributed by atoms with E-state index in [-0.39, 0.29) is 22.4 Å². The van der Waals surface area contributed by atoms with Crippen LogP contribution < -0.4 is 29.1 Å². The minimum atomic E-state index is -0.965. The summed E-state index contributed by atoms with van der Waals surface area (Å²) in [5.41, 5.74) is 0.818. The van der Waals surface area contributed by atoms with Gasteiger partial charge in [-0.2, -0.15) is 0 Å². The molecule has 0 N–H and O–H groups in total. The third-order valence-electron chi connectivity index (χ3n) is 6.75. The molecular formula is C30H27N5O8S2. The number of methoxy groups -OCH3 is 3. The molecule has 0 bridgehead atoms. The summed E-state index contributed by atoms with van der Waals surface area (Å²) in [4.78, 5) is 52.7. The third kappa shape index (κ3) is 6.17. The molecule has 4 aromatic rings. The Labute approximate surface area is 264 Å². The van der Waals surface area contributed by atoms with Crippen LogP contribution in [0.25, 0.3) is 6.08 Å². The van der Waals surface area contributed by atoms with Gasteiger partial charge in [-0.05, 0) is 67.1 Å². The number of benzene rings is 2. The molecule has 1 aliphatic heterocycles. The summed E-state index contributed by atoms with van der Waals surface area (Å²) in [6.45, 7) is 3.47. The number of allylic oxidation sites excluding steroid dienone is 1. The summed E-state index contributed by atoms with van der Waals surface area (Å²) >= 11 is 2.29. The van der Waals surface area contributed by atoms with E-state index in [1.807, 2.05) is 0 Å². The molecule has 3 heterocycles. The first-order valence-corrected chi connectivity index (χ1v) is 15.1. The number of non-ortho nitro benzene ring substituents is 1. The van der Waals surface area contributed by atoms with Gasteiger partial charge in [0.15, 0.2) is 21.5 Å². The Morgan fingerprint density at radius 3 is 2.40 bits per heavy atom. The highest BCUT2D eigenvalue weighted by molar-refractivity contribution is 7.99. The van der Waals surface area contributed by atoms with Crippen molar-refractivity contribution in [3.8, 4) is 17.2 Å². The Bertz CT molecular complexity index is 1980. The monoisotopic (exact) mass is 649 g/mol. The fraction of sp³-hybridized carbons (Fsp3) is 0.233. The highest BCUT2D eigenvalue weighted by Gasteiger charge is 2.35. The van der Waals surface area contributed by atoms with Crippen LogP contribution in [0.3, 0.4) is 0 Å². The van der Waals surface area contributed by atoms with Crippen molar-refractivity contribution in [1.29, 1.82) is 0 Å². The van der Waals surface area contributed by atoms with Gasteiger partial charge in [-0.25, -0.2) is 19.8 Å². The van der Waals surface area contributed by atoms with E-state index in [2.05, 4.69) is 15.0 Å². The number of aromatic nitrogens is 3. The minimum Gasteiger partial charge on any atom is -0.493 e. The zero-order valence-corrected chi connectivity index (χ0v) is 26.4. The SMILES string of the molecule is CCOC(=O)C1=C(C)N=c2s/c(=C/c3cc([N+](=O)[O-])ccc3Sc3ncccn3)c(=O)n2[C@@H]1c1cc(OC)c(OC)c(OC)c1. The van der Waals surface area contributed by atoms with Crippen LogP contribution in [-0.2, 0) is 9.53 Å². The smallest absolute Gasteiger partial charge is 0.338 e. The van der Waals surface area contributed by atoms with Crippen LogP contribution in [0.1, 0.15) is 31.0 Å². The Hall–Kier alpha value is -5.02. The topological polar surface area (TPSA) is 157 Å². The molecular weight excluding hydrogens is 622 g/mol. The maximum Gasteiger partial charge on any atom is 0.338 e. The quantitative estimate of drug-likeness (QED) is 0.107. The largest absolute Gasteiger partial charge is 0.493 e. The van der Waals surface area contributed by atoms with E-state index in [9.17, 15) is 19.7 Å². The summed E-state index contributed by atoms with van der Waals surface area (Å²) in [6.07, 6.45) is 4.74. The minimum absolute atomic E-state index is 0.111. The van der Waals surface area contributed by atoms with Crippen molar-refractivity contribution in [2.45, 2.75) is 29.9 Å². The van der Waals surface area contributed by atoms with Crippen LogP contribution in [0.2, 0.25) is 0 Å². The Morgan fingerprint density at radius 2 is 1.80 bits per heavy atom. The Kier molecular flexibility index (Phi) is 9.29. The van der Waals surface area contributed by atoms with Gasteiger partial charge in [0.1, 0.15) is 0 Å².